The second-order valence-corrected chi connectivity index (χ2v) is 6.63. The van der Waals surface area contributed by atoms with Gasteiger partial charge < -0.3 is 10.6 Å². The summed E-state index contributed by atoms with van der Waals surface area (Å²) in [5, 5.41) is 0. The molecule has 0 aromatic rings. The number of nitrogens with two attached hydrogens (primary N) is 1. The van der Waals surface area contributed by atoms with Crippen LogP contribution in [0.25, 0.3) is 0 Å². The third-order valence-corrected chi connectivity index (χ3v) is 5.11. The van der Waals surface area contributed by atoms with E-state index in [-0.39, 0.29) is 0 Å². The molecule has 0 aliphatic heterocycles. The lowest BCUT2D eigenvalue weighted by molar-refractivity contribution is -0.132. The normalized spacial score (nSPS) is 29.2. The first-order chi connectivity index (χ1) is 9.16. The summed E-state index contributed by atoms with van der Waals surface area (Å²) >= 11 is 0. The van der Waals surface area contributed by atoms with Gasteiger partial charge in [-0.3, -0.25) is 4.79 Å². The van der Waals surface area contributed by atoms with Gasteiger partial charge in [0.25, 0.3) is 0 Å². The first-order valence-electron chi connectivity index (χ1n) is 8.18. The fourth-order valence-electron chi connectivity index (χ4n) is 3.77. The van der Waals surface area contributed by atoms with Gasteiger partial charge in [0, 0.05) is 25.6 Å². The summed E-state index contributed by atoms with van der Waals surface area (Å²) in [6, 6.07) is 0.889. The Kier molecular flexibility index (Phi) is 5.68. The second kappa shape index (κ2) is 7.28. The third-order valence-electron chi connectivity index (χ3n) is 5.11. The highest BCUT2D eigenvalue weighted by molar-refractivity contribution is 5.76. The van der Waals surface area contributed by atoms with E-state index in [1.54, 1.807) is 0 Å². The molecule has 0 aromatic heterocycles. The Balaban J connectivity index is 1.70. The lowest BCUT2D eigenvalue weighted by atomic mass is 9.83. The van der Waals surface area contributed by atoms with Gasteiger partial charge in [0.15, 0.2) is 0 Å². The zero-order valence-electron chi connectivity index (χ0n) is 12.4. The van der Waals surface area contributed by atoms with Crippen LogP contribution in [0, 0.1) is 5.92 Å². The number of amides is 1. The van der Waals surface area contributed by atoms with Gasteiger partial charge in [-0.15, -0.1) is 0 Å². The van der Waals surface area contributed by atoms with Crippen molar-refractivity contribution in [3.8, 4) is 0 Å². The van der Waals surface area contributed by atoms with Crippen LogP contribution < -0.4 is 5.73 Å². The molecule has 2 rings (SSSR count). The molecule has 2 aliphatic rings. The van der Waals surface area contributed by atoms with Crippen LogP contribution in [0.1, 0.15) is 70.6 Å². The van der Waals surface area contributed by atoms with Gasteiger partial charge in [-0.2, -0.15) is 0 Å². The van der Waals surface area contributed by atoms with Crippen molar-refractivity contribution in [2.45, 2.75) is 82.7 Å². The Bertz CT molecular complexity index is 286. The van der Waals surface area contributed by atoms with Crippen molar-refractivity contribution in [1.29, 1.82) is 0 Å². The summed E-state index contributed by atoms with van der Waals surface area (Å²) in [5.74, 6) is 1.04. The molecule has 0 radical (unpaired) electrons. The molecule has 2 fully saturated rings. The van der Waals surface area contributed by atoms with Crippen LogP contribution >= 0.6 is 0 Å². The zero-order chi connectivity index (χ0) is 13.7. The maximum Gasteiger partial charge on any atom is 0.222 e. The number of rotatable bonds is 4. The summed E-state index contributed by atoms with van der Waals surface area (Å²) in [7, 11) is 2.00. The number of hydrogen-bond acceptors (Lipinski definition) is 2. The van der Waals surface area contributed by atoms with E-state index in [0.717, 1.165) is 19.3 Å². The van der Waals surface area contributed by atoms with Crippen LogP contribution in [0.15, 0.2) is 0 Å². The monoisotopic (exact) mass is 266 g/mol. The van der Waals surface area contributed by atoms with Crippen molar-refractivity contribution >= 4 is 5.91 Å². The van der Waals surface area contributed by atoms with Gasteiger partial charge in [-0.25, -0.2) is 0 Å². The molecule has 19 heavy (non-hydrogen) atoms. The molecule has 3 nitrogen and oxygen atoms in total. The van der Waals surface area contributed by atoms with E-state index in [0.29, 0.717) is 23.9 Å². The van der Waals surface area contributed by atoms with Gasteiger partial charge >= 0.3 is 0 Å². The summed E-state index contributed by atoms with van der Waals surface area (Å²) in [5.41, 5.74) is 6.01. The van der Waals surface area contributed by atoms with Gasteiger partial charge in [-0.1, -0.05) is 32.1 Å². The van der Waals surface area contributed by atoms with Crippen LogP contribution in [0.3, 0.4) is 0 Å². The minimum absolute atomic E-state index is 0.353. The molecule has 0 heterocycles. The van der Waals surface area contributed by atoms with Gasteiger partial charge in [0.2, 0.25) is 5.91 Å². The Labute approximate surface area is 117 Å². The molecular formula is C16H30N2O. The average molecular weight is 266 g/mol. The van der Waals surface area contributed by atoms with Crippen molar-refractivity contribution in [3.63, 3.8) is 0 Å². The predicted octanol–water partition coefficient (Wildman–Crippen LogP) is 3.08. The van der Waals surface area contributed by atoms with E-state index in [4.69, 9.17) is 5.73 Å². The van der Waals surface area contributed by atoms with E-state index in [1.165, 1.54) is 51.4 Å². The van der Waals surface area contributed by atoms with E-state index >= 15 is 0 Å². The SMILES string of the molecule is CN(C(=O)CCC1CCCC(N)C1)C1CCCCC1. The average Bonchev–Trinajstić information content (AvgIpc) is 2.45. The molecule has 0 saturated heterocycles. The van der Waals surface area contributed by atoms with Crippen LogP contribution in [-0.2, 0) is 4.79 Å². The maximum absolute atomic E-state index is 12.3. The van der Waals surface area contributed by atoms with Gasteiger partial charge in [0.05, 0.1) is 0 Å². The largest absolute Gasteiger partial charge is 0.343 e. The fraction of sp³-hybridized carbons (Fsp3) is 0.938. The van der Waals surface area contributed by atoms with E-state index in [1.807, 2.05) is 11.9 Å². The maximum atomic E-state index is 12.3. The Morgan fingerprint density at radius 3 is 2.53 bits per heavy atom. The van der Waals surface area contributed by atoms with Crippen molar-refractivity contribution in [2.24, 2.45) is 11.7 Å². The molecule has 2 aliphatic carbocycles. The molecule has 2 saturated carbocycles. The molecule has 0 bridgehead atoms. The minimum Gasteiger partial charge on any atom is -0.343 e. The number of hydrogen-bond donors (Lipinski definition) is 1. The number of carbonyl (C=O) groups is 1. The topological polar surface area (TPSA) is 46.3 Å². The highest BCUT2D eigenvalue weighted by atomic mass is 16.2. The minimum atomic E-state index is 0.353. The molecule has 0 aromatic carbocycles. The highest BCUT2D eigenvalue weighted by Gasteiger charge is 2.24. The number of nitrogens with zero attached hydrogens (tertiary/aromatic N) is 1. The molecule has 2 N–H and O–H groups in total. The molecule has 0 spiro atoms. The van der Waals surface area contributed by atoms with Crippen molar-refractivity contribution in [3.05, 3.63) is 0 Å². The first kappa shape index (κ1) is 14.8. The molecule has 3 heteroatoms. The standard InChI is InChI=1S/C16H30N2O/c1-18(15-8-3-2-4-9-15)16(19)11-10-13-6-5-7-14(17)12-13/h13-15H,2-12,17H2,1H3. The van der Waals surface area contributed by atoms with Crippen LogP contribution in [0.5, 0.6) is 0 Å². The zero-order valence-corrected chi connectivity index (χ0v) is 12.4. The highest BCUT2D eigenvalue weighted by Crippen LogP contribution is 2.28. The lowest BCUT2D eigenvalue weighted by Gasteiger charge is -2.32. The Hall–Kier alpha value is -0.570. The van der Waals surface area contributed by atoms with Crippen LogP contribution in [0.4, 0.5) is 0 Å². The summed E-state index contributed by atoms with van der Waals surface area (Å²) in [6.07, 6.45) is 12.9. The van der Waals surface area contributed by atoms with Crippen molar-refractivity contribution in [1.82, 2.24) is 4.90 Å². The summed E-state index contributed by atoms with van der Waals surface area (Å²) in [4.78, 5) is 14.3. The van der Waals surface area contributed by atoms with Crippen LogP contribution in [0.2, 0.25) is 0 Å². The van der Waals surface area contributed by atoms with E-state index in [2.05, 4.69) is 0 Å². The van der Waals surface area contributed by atoms with Gasteiger partial charge in [-0.05, 0) is 38.0 Å². The molecule has 110 valence electrons. The smallest absolute Gasteiger partial charge is 0.222 e. The Morgan fingerprint density at radius 2 is 1.84 bits per heavy atom. The third kappa shape index (κ3) is 4.48. The quantitative estimate of drug-likeness (QED) is 0.850. The van der Waals surface area contributed by atoms with Crippen molar-refractivity contribution < 1.29 is 4.79 Å². The Morgan fingerprint density at radius 1 is 1.11 bits per heavy atom. The van der Waals surface area contributed by atoms with Crippen molar-refractivity contribution in [2.75, 3.05) is 7.05 Å². The summed E-state index contributed by atoms with van der Waals surface area (Å²) in [6.45, 7) is 0. The predicted molar refractivity (Wildman–Crippen MR) is 78.8 cm³/mol. The first-order valence-corrected chi connectivity index (χ1v) is 8.18. The molecule has 1 amide bonds. The lowest BCUT2D eigenvalue weighted by Crippen LogP contribution is -2.38. The summed E-state index contributed by atoms with van der Waals surface area (Å²) < 4.78 is 0. The fourth-order valence-corrected chi connectivity index (χ4v) is 3.77. The van der Waals surface area contributed by atoms with Crippen LogP contribution in [-0.4, -0.2) is 29.9 Å². The molecule has 2 unspecified atom stereocenters. The van der Waals surface area contributed by atoms with E-state index in [9.17, 15) is 4.79 Å². The van der Waals surface area contributed by atoms with E-state index < -0.39 is 0 Å². The second-order valence-electron chi connectivity index (χ2n) is 6.63. The molecule has 2 atom stereocenters. The van der Waals surface area contributed by atoms with Gasteiger partial charge in [0.1, 0.15) is 0 Å². The number of carbonyl (C=O) groups excluding carboxylic acids is 1. The molecular weight excluding hydrogens is 236 g/mol.